The Bertz CT molecular complexity index is 2030. The Morgan fingerprint density at radius 3 is 2.59 bits per heavy atom. The molecule has 9 nitrogen and oxygen atoms in total. The number of amides is 1. The number of nitrogens with one attached hydrogen (secondary N) is 2. The fourth-order valence-corrected chi connectivity index (χ4v) is 7.29. The lowest BCUT2D eigenvalue weighted by Gasteiger charge is -2.29. The van der Waals surface area contributed by atoms with Crippen molar-refractivity contribution in [1.29, 1.82) is 0 Å². The zero-order chi connectivity index (χ0) is 34.5. The summed E-state index contributed by atoms with van der Waals surface area (Å²) in [5, 5.41) is 12.5. The van der Waals surface area contributed by atoms with Crippen LogP contribution in [0.5, 0.6) is 17.2 Å². The Balaban J connectivity index is 1.40. The molecule has 1 amide bonds. The molecule has 0 saturated heterocycles. The molecule has 12 heteroatoms. The van der Waals surface area contributed by atoms with Crippen LogP contribution in [0.2, 0.25) is 5.02 Å². The van der Waals surface area contributed by atoms with E-state index in [1.807, 2.05) is 74.5 Å². The van der Waals surface area contributed by atoms with Crippen molar-refractivity contribution < 1.29 is 19.0 Å². The summed E-state index contributed by atoms with van der Waals surface area (Å²) in [6.45, 7) is 6.60. The molecule has 0 radical (unpaired) electrons. The molecule has 252 valence electrons. The van der Waals surface area contributed by atoms with Gasteiger partial charge in [0.2, 0.25) is 11.1 Å². The molecule has 1 unspecified atom stereocenters. The first kappa shape index (κ1) is 34.4. The van der Waals surface area contributed by atoms with Crippen molar-refractivity contribution in [2.75, 3.05) is 24.4 Å². The number of aromatic nitrogens is 3. The van der Waals surface area contributed by atoms with Crippen LogP contribution in [0.3, 0.4) is 0 Å². The maximum Gasteiger partial charge on any atom is 0.255 e. The number of carbonyl (C=O) groups is 1. The number of para-hydroxylation sites is 2. The van der Waals surface area contributed by atoms with Crippen LogP contribution in [-0.4, -0.2) is 34.4 Å². The number of fused-ring (bicyclic) bond motifs is 1. The highest BCUT2D eigenvalue weighted by molar-refractivity contribution is 9.10. The monoisotopic (exact) mass is 759 g/mol. The normalized spacial score (nSPS) is 13.8. The van der Waals surface area contributed by atoms with Gasteiger partial charge in [0.25, 0.3) is 5.91 Å². The topological polar surface area (TPSA) is 99.5 Å². The SMILES string of the molecule is CCOc1cc(C2C(C(=O)Nc3ccccc3OC)=C(C)Nc3nc(SCc4ccccc4Cl)nn32)cc(Br)c1OCc1cccc(C)c1. The van der Waals surface area contributed by atoms with Gasteiger partial charge in [-0.3, -0.25) is 4.79 Å². The van der Waals surface area contributed by atoms with Gasteiger partial charge in [0.15, 0.2) is 11.5 Å². The number of aryl methyl sites for hydroxylation is 1. The average Bonchev–Trinajstić information content (AvgIpc) is 3.49. The third kappa shape index (κ3) is 7.74. The Labute approximate surface area is 303 Å². The second-order valence-corrected chi connectivity index (χ2v) is 13.5. The molecular formula is C37H35BrClN5O4S. The molecule has 2 heterocycles. The molecule has 2 N–H and O–H groups in total. The number of anilines is 2. The fraction of sp³-hybridized carbons (Fsp3) is 0.216. The van der Waals surface area contributed by atoms with Crippen LogP contribution >= 0.6 is 39.3 Å². The van der Waals surface area contributed by atoms with Gasteiger partial charge in [0.05, 0.1) is 29.4 Å². The smallest absolute Gasteiger partial charge is 0.255 e. The van der Waals surface area contributed by atoms with Crippen LogP contribution in [0.4, 0.5) is 11.6 Å². The number of hydrogen-bond acceptors (Lipinski definition) is 8. The maximum absolute atomic E-state index is 14.2. The standard InChI is InChI=1S/C37H35BrClN5O4S/c1-5-47-31-19-26(18-27(38)34(31)48-20-24-12-10-11-22(2)17-24)33-32(35(45)41-29-15-8-9-16-30(29)46-4)23(3)40-36-42-37(43-44(33)36)49-21-25-13-6-7-14-28(25)39/h6-19,33H,5,20-21H2,1-4H3,(H,41,45)(H,40,42,43). The number of rotatable bonds is 12. The Morgan fingerprint density at radius 2 is 1.82 bits per heavy atom. The molecule has 1 aliphatic rings. The highest BCUT2D eigenvalue weighted by Gasteiger charge is 2.36. The molecular weight excluding hydrogens is 726 g/mol. The summed E-state index contributed by atoms with van der Waals surface area (Å²) in [5.74, 6) is 2.41. The Kier molecular flexibility index (Phi) is 10.8. The minimum Gasteiger partial charge on any atom is -0.495 e. The number of nitrogens with zero attached hydrogens (tertiary/aromatic N) is 3. The lowest BCUT2D eigenvalue weighted by Crippen LogP contribution is -2.31. The van der Waals surface area contributed by atoms with Gasteiger partial charge in [-0.1, -0.05) is 83.5 Å². The molecule has 0 spiro atoms. The molecule has 1 aliphatic heterocycles. The number of ether oxygens (including phenoxy) is 3. The van der Waals surface area contributed by atoms with E-state index in [2.05, 4.69) is 45.6 Å². The first-order valence-electron chi connectivity index (χ1n) is 15.6. The van der Waals surface area contributed by atoms with Crippen LogP contribution < -0.4 is 24.8 Å². The van der Waals surface area contributed by atoms with Crippen LogP contribution in [0.15, 0.2) is 106 Å². The molecule has 1 aromatic heterocycles. The first-order chi connectivity index (χ1) is 23.7. The van der Waals surface area contributed by atoms with E-state index in [1.165, 1.54) is 11.8 Å². The highest BCUT2D eigenvalue weighted by Crippen LogP contribution is 2.44. The lowest BCUT2D eigenvalue weighted by molar-refractivity contribution is -0.113. The van der Waals surface area contributed by atoms with Crippen molar-refractivity contribution in [3.8, 4) is 17.2 Å². The molecule has 49 heavy (non-hydrogen) atoms. The van der Waals surface area contributed by atoms with Crippen LogP contribution in [0, 0.1) is 6.92 Å². The third-order valence-corrected chi connectivity index (χ3v) is 9.70. The van der Waals surface area contributed by atoms with Crippen molar-refractivity contribution >= 4 is 56.8 Å². The average molecular weight is 761 g/mol. The van der Waals surface area contributed by atoms with Gasteiger partial charge in [-0.25, -0.2) is 4.68 Å². The molecule has 1 atom stereocenters. The van der Waals surface area contributed by atoms with Crippen molar-refractivity contribution in [2.45, 2.75) is 44.3 Å². The summed E-state index contributed by atoms with van der Waals surface area (Å²) in [6.07, 6.45) is 0. The van der Waals surface area contributed by atoms with Crippen LogP contribution in [-0.2, 0) is 17.2 Å². The van der Waals surface area contributed by atoms with Gasteiger partial charge in [-0.2, -0.15) is 4.98 Å². The highest BCUT2D eigenvalue weighted by atomic mass is 79.9. The van der Waals surface area contributed by atoms with E-state index in [1.54, 1.807) is 23.9 Å². The van der Waals surface area contributed by atoms with Gasteiger partial charge >= 0.3 is 0 Å². The first-order valence-corrected chi connectivity index (χ1v) is 17.8. The maximum atomic E-state index is 14.2. The van der Waals surface area contributed by atoms with Crippen molar-refractivity contribution in [1.82, 2.24) is 14.8 Å². The Hall–Kier alpha value is -4.45. The predicted octanol–water partition coefficient (Wildman–Crippen LogP) is 9.21. The number of hydrogen-bond donors (Lipinski definition) is 2. The second kappa shape index (κ2) is 15.4. The van der Waals surface area contributed by atoms with Gasteiger partial charge in [-0.05, 0) is 83.7 Å². The molecule has 5 aromatic rings. The van der Waals surface area contributed by atoms with E-state index in [4.69, 9.17) is 35.9 Å². The number of carbonyl (C=O) groups excluding carboxylic acids is 1. The van der Waals surface area contributed by atoms with Gasteiger partial charge in [0.1, 0.15) is 18.4 Å². The van der Waals surface area contributed by atoms with Gasteiger partial charge < -0.3 is 24.8 Å². The molecule has 0 saturated carbocycles. The van der Waals surface area contributed by atoms with Crippen LogP contribution in [0.25, 0.3) is 0 Å². The van der Waals surface area contributed by atoms with Crippen LogP contribution in [0.1, 0.15) is 42.1 Å². The molecule has 4 aromatic carbocycles. The summed E-state index contributed by atoms with van der Waals surface area (Å²) in [5.41, 5.74) is 5.55. The van der Waals surface area contributed by atoms with Gasteiger partial charge in [0, 0.05) is 16.5 Å². The number of allylic oxidation sites excluding steroid dienone is 1. The summed E-state index contributed by atoms with van der Waals surface area (Å²) < 4.78 is 20.4. The summed E-state index contributed by atoms with van der Waals surface area (Å²) >= 11 is 11.6. The van der Waals surface area contributed by atoms with E-state index in [0.717, 1.165) is 22.3 Å². The van der Waals surface area contributed by atoms with E-state index in [0.29, 0.717) is 73.8 Å². The van der Waals surface area contributed by atoms with Crippen molar-refractivity contribution in [3.63, 3.8) is 0 Å². The minimum absolute atomic E-state index is 0.320. The van der Waals surface area contributed by atoms with Crippen molar-refractivity contribution in [2.24, 2.45) is 0 Å². The zero-order valence-electron chi connectivity index (χ0n) is 27.4. The molecule has 6 rings (SSSR count). The minimum atomic E-state index is -0.672. The van der Waals surface area contributed by atoms with Crippen molar-refractivity contribution in [3.05, 3.63) is 128 Å². The summed E-state index contributed by atoms with van der Waals surface area (Å²) in [6, 6.07) is 26.3. The zero-order valence-corrected chi connectivity index (χ0v) is 30.6. The predicted molar refractivity (Wildman–Crippen MR) is 198 cm³/mol. The second-order valence-electron chi connectivity index (χ2n) is 11.3. The number of halogens is 2. The van der Waals surface area contributed by atoms with E-state index >= 15 is 0 Å². The number of benzene rings is 4. The third-order valence-electron chi connectivity index (χ3n) is 7.86. The summed E-state index contributed by atoms with van der Waals surface area (Å²) in [7, 11) is 1.57. The Morgan fingerprint density at radius 1 is 1.02 bits per heavy atom. The van der Waals surface area contributed by atoms with E-state index in [-0.39, 0.29) is 5.91 Å². The molecule has 0 aliphatic carbocycles. The largest absolute Gasteiger partial charge is 0.495 e. The summed E-state index contributed by atoms with van der Waals surface area (Å²) in [4.78, 5) is 19.0. The fourth-order valence-electron chi connectivity index (χ4n) is 5.60. The van der Waals surface area contributed by atoms with E-state index in [9.17, 15) is 4.79 Å². The quantitative estimate of drug-likeness (QED) is 0.122. The lowest BCUT2D eigenvalue weighted by atomic mass is 9.94. The number of methoxy groups -OCH3 is 1. The van der Waals surface area contributed by atoms with E-state index < -0.39 is 6.04 Å². The van der Waals surface area contributed by atoms with Gasteiger partial charge in [-0.15, -0.1) is 5.10 Å². The molecule has 0 fully saturated rings. The molecule has 0 bridgehead atoms. The number of thioether (sulfide) groups is 1.